The third-order valence-electron chi connectivity index (χ3n) is 7.91. The second kappa shape index (κ2) is 9.60. The van der Waals surface area contributed by atoms with Gasteiger partial charge in [0.05, 0.1) is 29.7 Å². The summed E-state index contributed by atoms with van der Waals surface area (Å²) in [5.74, 6) is -1.95. The molecular weight excluding hydrogens is 466 g/mol. The monoisotopic (exact) mass is 495 g/mol. The number of imide groups is 1. The van der Waals surface area contributed by atoms with E-state index in [4.69, 9.17) is 9.47 Å². The van der Waals surface area contributed by atoms with Gasteiger partial charge < -0.3 is 9.47 Å². The summed E-state index contributed by atoms with van der Waals surface area (Å²) >= 11 is 0. The number of benzene rings is 3. The van der Waals surface area contributed by atoms with E-state index in [0.29, 0.717) is 24.5 Å². The molecule has 1 saturated heterocycles. The van der Waals surface area contributed by atoms with Crippen LogP contribution in [0.15, 0.2) is 72.8 Å². The topological polar surface area (TPSA) is 72.9 Å². The summed E-state index contributed by atoms with van der Waals surface area (Å²) in [6, 6.07) is 22.9. The molecule has 1 aliphatic heterocycles. The molecule has 188 valence electrons. The highest BCUT2D eigenvalue weighted by molar-refractivity contribution is 6.23. The molecule has 37 heavy (non-hydrogen) atoms. The SMILES string of the molecule is CCCCOCCOC(=O)c1ccc(N2C(=O)[C@@H]3C4c5ccccc5C(c5ccccc54)[C@@H]3C2=O)cc1. The number of hydrogen-bond acceptors (Lipinski definition) is 5. The van der Waals surface area contributed by atoms with E-state index in [-0.39, 0.29) is 30.3 Å². The van der Waals surface area contributed by atoms with Crippen LogP contribution in [0.2, 0.25) is 0 Å². The molecule has 4 aliphatic rings. The Labute approximate surface area is 216 Å². The number of carbonyl (C=O) groups excluding carboxylic acids is 3. The summed E-state index contributed by atoms with van der Waals surface area (Å²) in [5.41, 5.74) is 5.43. The Hall–Kier alpha value is -3.77. The van der Waals surface area contributed by atoms with Gasteiger partial charge in [0, 0.05) is 18.4 Å². The molecule has 2 bridgehead atoms. The van der Waals surface area contributed by atoms with Crippen molar-refractivity contribution in [3.8, 4) is 0 Å². The van der Waals surface area contributed by atoms with E-state index in [1.165, 1.54) is 4.90 Å². The average molecular weight is 496 g/mol. The van der Waals surface area contributed by atoms with Crippen LogP contribution in [0, 0.1) is 11.8 Å². The fourth-order valence-corrected chi connectivity index (χ4v) is 6.30. The summed E-state index contributed by atoms with van der Waals surface area (Å²) < 4.78 is 10.7. The zero-order valence-electron chi connectivity index (χ0n) is 20.8. The van der Waals surface area contributed by atoms with Crippen molar-refractivity contribution in [1.82, 2.24) is 0 Å². The molecule has 2 atom stereocenters. The summed E-state index contributed by atoms with van der Waals surface area (Å²) in [7, 11) is 0. The largest absolute Gasteiger partial charge is 0.460 e. The predicted molar refractivity (Wildman–Crippen MR) is 138 cm³/mol. The normalized spacial score (nSPS) is 23.0. The molecule has 0 N–H and O–H groups in total. The van der Waals surface area contributed by atoms with Gasteiger partial charge in [0.25, 0.3) is 0 Å². The van der Waals surface area contributed by atoms with Gasteiger partial charge in [-0.05, 0) is 52.9 Å². The first kappa shape index (κ1) is 23.6. The molecule has 1 fully saturated rings. The fraction of sp³-hybridized carbons (Fsp3) is 0.323. The highest BCUT2D eigenvalue weighted by Gasteiger charge is 2.61. The Morgan fingerprint density at radius 1 is 0.730 bits per heavy atom. The van der Waals surface area contributed by atoms with Gasteiger partial charge in [-0.3, -0.25) is 9.59 Å². The molecule has 0 radical (unpaired) electrons. The summed E-state index contributed by atoms with van der Waals surface area (Å²) in [6.07, 6.45) is 2.03. The standard InChI is InChI=1S/C31H29NO5/c1-2-3-16-36-17-18-37-31(35)19-12-14-20(15-13-19)32-29(33)27-25-21-8-4-5-9-22(21)26(28(27)30(32)34)24-11-7-6-10-23(24)25/h4-15,25-28H,2-3,16-18H2,1H3/t25?,26?,27-,28+. The van der Waals surface area contributed by atoms with E-state index in [1.807, 2.05) is 24.3 Å². The van der Waals surface area contributed by atoms with Crippen LogP contribution >= 0.6 is 0 Å². The Morgan fingerprint density at radius 3 is 1.73 bits per heavy atom. The van der Waals surface area contributed by atoms with Gasteiger partial charge in [0.15, 0.2) is 0 Å². The first-order valence-electron chi connectivity index (χ1n) is 13.0. The van der Waals surface area contributed by atoms with Crippen molar-refractivity contribution in [2.45, 2.75) is 31.6 Å². The van der Waals surface area contributed by atoms with Gasteiger partial charge >= 0.3 is 5.97 Å². The lowest BCUT2D eigenvalue weighted by Gasteiger charge is -2.45. The van der Waals surface area contributed by atoms with Crippen LogP contribution in [0.3, 0.4) is 0 Å². The molecule has 6 nitrogen and oxygen atoms in total. The van der Waals surface area contributed by atoms with Gasteiger partial charge in [-0.1, -0.05) is 61.9 Å². The average Bonchev–Trinajstić information content (AvgIpc) is 3.20. The van der Waals surface area contributed by atoms with E-state index in [2.05, 4.69) is 31.2 Å². The lowest BCUT2D eigenvalue weighted by Crippen LogP contribution is -2.41. The number of carbonyl (C=O) groups is 3. The molecule has 7 rings (SSSR count). The van der Waals surface area contributed by atoms with Crippen LogP contribution in [-0.4, -0.2) is 37.6 Å². The highest BCUT2D eigenvalue weighted by Crippen LogP contribution is 2.61. The van der Waals surface area contributed by atoms with Crippen LogP contribution in [0.1, 0.15) is 64.2 Å². The molecule has 2 amide bonds. The second-order valence-corrected chi connectivity index (χ2v) is 9.93. The first-order valence-corrected chi connectivity index (χ1v) is 13.0. The van der Waals surface area contributed by atoms with Crippen LogP contribution in [0.25, 0.3) is 0 Å². The molecular formula is C31H29NO5. The van der Waals surface area contributed by atoms with Crippen LogP contribution in [0.5, 0.6) is 0 Å². The molecule has 0 saturated carbocycles. The lowest BCUT2D eigenvalue weighted by molar-refractivity contribution is -0.122. The van der Waals surface area contributed by atoms with E-state index >= 15 is 0 Å². The minimum atomic E-state index is -0.456. The summed E-state index contributed by atoms with van der Waals surface area (Å²) in [5, 5.41) is 0. The second-order valence-electron chi connectivity index (χ2n) is 9.93. The van der Waals surface area contributed by atoms with E-state index in [0.717, 1.165) is 35.1 Å². The molecule has 1 heterocycles. The van der Waals surface area contributed by atoms with Crippen molar-refractivity contribution in [1.29, 1.82) is 0 Å². The Kier molecular flexibility index (Phi) is 6.13. The fourth-order valence-electron chi connectivity index (χ4n) is 6.30. The molecule has 3 aromatic rings. The van der Waals surface area contributed by atoms with Gasteiger partial charge in [-0.2, -0.15) is 0 Å². The zero-order valence-corrected chi connectivity index (χ0v) is 20.8. The maximum atomic E-state index is 13.8. The summed E-state index contributed by atoms with van der Waals surface area (Å²) in [4.78, 5) is 41.4. The van der Waals surface area contributed by atoms with Crippen molar-refractivity contribution in [3.05, 3.63) is 101 Å². The van der Waals surface area contributed by atoms with Crippen LogP contribution in [-0.2, 0) is 19.1 Å². The van der Waals surface area contributed by atoms with Gasteiger partial charge in [-0.25, -0.2) is 9.69 Å². The Morgan fingerprint density at radius 2 is 1.24 bits per heavy atom. The third kappa shape index (κ3) is 3.78. The van der Waals surface area contributed by atoms with E-state index < -0.39 is 17.8 Å². The smallest absolute Gasteiger partial charge is 0.338 e. The molecule has 0 spiro atoms. The lowest BCUT2D eigenvalue weighted by atomic mass is 9.55. The summed E-state index contributed by atoms with van der Waals surface area (Å²) in [6.45, 7) is 3.28. The Bertz CT molecular complexity index is 1250. The number of rotatable bonds is 8. The quantitative estimate of drug-likeness (QED) is 0.248. The van der Waals surface area contributed by atoms with Gasteiger partial charge in [-0.15, -0.1) is 0 Å². The van der Waals surface area contributed by atoms with Crippen molar-refractivity contribution in [2.75, 3.05) is 24.7 Å². The molecule has 0 unspecified atom stereocenters. The van der Waals surface area contributed by atoms with Crippen LogP contribution in [0.4, 0.5) is 5.69 Å². The predicted octanol–water partition coefficient (Wildman–Crippen LogP) is 5.06. The maximum absolute atomic E-state index is 13.8. The first-order chi connectivity index (χ1) is 18.1. The number of nitrogens with zero attached hydrogens (tertiary/aromatic N) is 1. The van der Waals surface area contributed by atoms with E-state index in [9.17, 15) is 14.4 Å². The van der Waals surface area contributed by atoms with E-state index in [1.54, 1.807) is 24.3 Å². The number of esters is 1. The number of hydrogen-bond donors (Lipinski definition) is 0. The minimum absolute atomic E-state index is 0.141. The number of unbranched alkanes of at least 4 members (excludes halogenated alkanes) is 1. The van der Waals surface area contributed by atoms with Crippen molar-refractivity contribution in [3.63, 3.8) is 0 Å². The third-order valence-corrected chi connectivity index (χ3v) is 7.91. The maximum Gasteiger partial charge on any atom is 0.338 e. The zero-order chi connectivity index (χ0) is 25.5. The van der Waals surface area contributed by atoms with Crippen molar-refractivity contribution < 1.29 is 23.9 Å². The van der Waals surface area contributed by atoms with Crippen LogP contribution < -0.4 is 4.90 Å². The highest BCUT2D eigenvalue weighted by atomic mass is 16.6. The van der Waals surface area contributed by atoms with Gasteiger partial charge in [0.1, 0.15) is 6.61 Å². The van der Waals surface area contributed by atoms with Gasteiger partial charge in [0.2, 0.25) is 11.8 Å². The minimum Gasteiger partial charge on any atom is -0.460 e. The number of anilines is 1. The number of ether oxygens (including phenoxy) is 2. The molecule has 0 aromatic heterocycles. The number of amides is 2. The van der Waals surface area contributed by atoms with Crippen molar-refractivity contribution in [2.24, 2.45) is 11.8 Å². The molecule has 6 heteroatoms. The van der Waals surface area contributed by atoms with Crippen molar-refractivity contribution >= 4 is 23.5 Å². The Balaban J connectivity index is 1.23. The molecule has 3 aliphatic carbocycles. The molecule has 3 aromatic carbocycles.